The maximum absolute atomic E-state index is 13.1. The van der Waals surface area contributed by atoms with Gasteiger partial charge in [-0.1, -0.05) is 26.5 Å². The van der Waals surface area contributed by atoms with Crippen molar-refractivity contribution < 1.29 is 43.9 Å². The van der Waals surface area contributed by atoms with Crippen LogP contribution in [0, 0.1) is 58.2 Å². The molecule has 0 aliphatic heterocycles. The lowest BCUT2D eigenvalue weighted by Crippen LogP contribution is -2.09. The van der Waals surface area contributed by atoms with E-state index in [1.54, 1.807) is 6.92 Å². The molecule has 2 aromatic carbocycles. The third-order valence-electron chi connectivity index (χ3n) is 3.80. The van der Waals surface area contributed by atoms with Crippen molar-refractivity contribution in [2.24, 2.45) is 0 Å². The van der Waals surface area contributed by atoms with Gasteiger partial charge in [-0.25, -0.2) is 43.9 Å². The zero-order chi connectivity index (χ0) is 21.9. The predicted octanol–water partition coefficient (Wildman–Crippen LogP) is 6.92. The van der Waals surface area contributed by atoms with Crippen molar-refractivity contribution in [2.75, 3.05) is 0 Å². The highest BCUT2D eigenvalue weighted by molar-refractivity contribution is 5.49. The van der Waals surface area contributed by atoms with Crippen LogP contribution >= 0.6 is 0 Å². The van der Waals surface area contributed by atoms with Crippen LogP contribution in [0.1, 0.15) is 37.3 Å². The minimum atomic E-state index is -2.17. The van der Waals surface area contributed by atoms with Crippen molar-refractivity contribution >= 4 is 6.08 Å². The molecule has 2 aromatic rings. The highest BCUT2D eigenvalue weighted by Crippen LogP contribution is 2.30. The molecule has 0 bridgehead atoms. The summed E-state index contributed by atoms with van der Waals surface area (Å²) in [5.74, 6) is -19.9. The van der Waals surface area contributed by atoms with Gasteiger partial charge in [0.2, 0.25) is 11.6 Å². The van der Waals surface area contributed by atoms with E-state index in [9.17, 15) is 43.9 Å². The van der Waals surface area contributed by atoms with Crippen LogP contribution in [-0.2, 0) is 0 Å². The molecule has 0 fully saturated rings. The molecule has 0 radical (unpaired) electrons. The Morgan fingerprint density at radius 1 is 0.607 bits per heavy atom. The van der Waals surface area contributed by atoms with Crippen LogP contribution in [0.3, 0.4) is 0 Å². The molecule has 0 saturated carbocycles. The average Bonchev–Trinajstić information content (AvgIpc) is 2.68. The summed E-state index contributed by atoms with van der Waals surface area (Å²) >= 11 is 0. The van der Waals surface area contributed by atoms with Gasteiger partial charge in [-0.05, 0) is 12.3 Å². The van der Waals surface area contributed by atoms with Crippen LogP contribution in [-0.4, -0.2) is 0 Å². The first kappa shape index (κ1) is 23.5. The molecule has 0 amide bonds. The van der Waals surface area contributed by atoms with Crippen LogP contribution in [0.25, 0.3) is 6.08 Å². The fourth-order valence-electron chi connectivity index (χ4n) is 2.06. The Bertz CT molecular complexity index is 846. The van der Waals surface area contributed by atoms with E-state index in [1.807, 2.05) is 0 Å². The first-order valence-corrected chi connectivity index (χ1v) is 7.57. The fraction of sp³-hybridized carbons (Fsp3) is 0.222. The highest BCUT2D eigenvalue weighted by atomic mass is 19.2. The molecular weight excluding hydrogens is 406 g/mol. The summed E-state index contributed by atoms with van der Waals surface area (Å²) in [7, 11) is 0. The van der Waals surface area contributed by atoms with Gasteiger partial charge in [-0.2, -0.15) is 0 Å². The van der Waals surface area contributed by atoms with E-state index in [0.29, 0.717) is 12.5 Å². The highest BCUT2D eigenvalue weighted by Gasteiger charge is 2.27. The van der Waals surface area contributed by atoms with E-state index in [0.717, 1.165) is 0 Å². The molecule has 0 aliphatic carbocycles. The topological polar surface area (TPSA) is 0 Å². The molecule has 2 rings (SSSR count). The second-order valence-corrected chi connectivity index (χ2v) is 5.48. The molecule has 0 saturated heterocycles. The Morgan fingerprint density at radius 2 is 0.893 bits per heavy atom. The molecule has 10 heteroatoms. The molecule has 0 N–H and O–H groups in total. The molecule has 1 atom stereocenters. The Hall–Kier alpha value is -2.52. The third-order valence-corrected chi connectivity index (χ3v) is 3.80. The lowest BCUT2D eigenvalue weighted by atomic mass is 9.97. The molecule has 0 spiro atoms. The smallest absolute Gasteiger partial charge is 0.200 e. The second kappa shape index (κ2) is 9.11. The zero-order valence-electron chi connectivity index (χ0n) is 14.3. The number of hydrogen-bond acceptors (Lipinski definition) is 0. The maximum atomic E-state index is 13.1. The summed E-state index contributed by atoms with van der Waals surface area (Å²) < 4.78 is 127. The normalized spacial score (nSPS) is 11.7. The van der Waals surface area contributed by atoms with Crippen LogP contribution in [0.4, 0.5) is 43.9 Å². The number of halogens is 10. The standard InChI is InChI=1S/C10H9F5.C8H3F5/c1-3-4(2)5-6(11)8(13)10(15)9(14)7(5)12;1-2-3-4(9)6(11)8(13)7(12)5(3)10/h4H,3H2,1-2H3;2H,1H2. The minimum Gasteiger partial charge on any atom is -0.203 e. The van der Waals surface area contributed by atoms with Crippen molar-refractivity contribution in [3.63, 3.8) is 0 Å². The van der Waals surface area contributed by atoms with Gasteiger partial charge in [0, 0.05) is 5.56 Å². The monoisotopic (exact) mass is 418 g/mol. The summed E-state index contributed by atoms with van der Waals surface area (Å²) in [6.45, 7) is 5.93. The number of benzene rings is 2. The summed E-state index contributed by atoms with van der Waals surface area (Å²) in [5.41, 5.74) is -1.76. The largest absolute Gasteiger partial charge is 0.203 e. The first-order chi connectivity index (χ1) is 12.9. The maximum Gasteiger partial charge on any atom is 0.200 e. The summed E-state index contributed by atoms with van der Waals surface area (Å²) in [6.07, 6.45) is 0.856. The minimum absolute atomic E-state index is 0.290. The van der Waals surface area contributed by atoms with Crippen molar-refractivity contribution in [3.8, 4) is 0 Å². The van der Waals surface area contributed by atoms with Gasteiger partial charge in [0.05, 0.1) is 5.56 Å². The van der Waals surface area contributed by atoms with Crippen LogP contribution in [0.5, 0.6) is 0 Å². The molecule has 1 unspecified atom stereocenters. The van der Waals surface area contributed by atoms with E-state index < -0.39 is 75.2 Å². The Balaban J connectivity index is 0.000000283. The summed E-state index contributed by atoms with van der Waals surface area (Å²) in [5, 5.41) is 0. The molecule has 0 aliphatic rings. The second-order valence-electron chi connectivity index (χ2n) is 5.48. The van der Waals surface area contributed by atoms with E-state index in [4.69, 9.17) is 0 Å². The van der Waals surface area contributed by atoms with E-state index in [-0.39, 0.29) is 0 Å². The van der Waals surface area contributed by atoms with E-state index >= 15 is 0 Å². The van der Waals surface area contributed by atoms with Gasteiger partial charge < -0.3 is 0 Å². The van der Waals surface area contributed by atoms with E-state index in [2.05, 4.69) is 6.58 Å². The third kappa shape index (κ3) is 4.15. The van der Waals surface area contributed by atoms with Crippen LogP contribution in [0.15, 0.2) is 6.58 Å². The SMILES string of the molecule is C=Cc1c(F)c(F)c(F)c(F)c1F.CCC(C)c1c(F)c(F)c(F)c(F)c1F. The molecule has 0 nitrogen and oxygen atoms in total. The average molecular weight is 418 g/mol. The number of hydrogen-bond donors (Lipinski definition) is 0. The summed E-state index contributed by atoms with van der Waals surface area (Å²) in [6, 6.07) is 0. The van der Waals surface area contributed by atoms with Crippen molar-refractivity contribution in [3.05, 3.63) is 75.9 Å². The fourth-order valence-corrected chi connectivity index (χ4v) is 2.06. The lowest BCUT2D eigenvalue weighted by molar-refractivity contribution is 0.364. The zero-order valence-corrected chi connectivity index (χ0v) is 14.3. The first-order valence-electron chi connectivity index (χ1n) is 7.57. The summed E-state index contributed by atoms with van der Waals surface area (Å²) in [4.78, 5) is 0. The van der Waals surface area contributed by atoms with E-state index in [1.165, 1.54) is 6.92 Å². The van der Waals surface area contributed by atoms with Gasteiger partial charge in [0.15, 0.2) is 46.5 Å². The predicted molar refractivity (Wildman–Crippen MR) is 81.3 cm³/mol. The van der Waals surface area contributed by atoms with Crippen molar-refractivity contribution in [1.82, 2.24) is 0 Å². The Kier molecular flexibility index (Phi) is 7.66. The molecule has 0 aromatic heterocycles. The Labute approximate surface area is 153 Å². The van der Waals surface area contributed by atoms with Crippen molar-refractivity contribution in [1.29, 1.82) is 0 Å². The lowest BCUT2D eigenvalue weighted by Gasteiger charge is -2.12. The Morgan fingerprint density at radius 3 is 1.18 bits per heavy atom. The molecule has 154 valence electrons. The molecular formula is C18H12F10. The molecule has 0 heterocycles. The number of rotatable bonds is 3. The van der Waals surface area contributed by atoms with Gasteiger partial charge in [0.1, 0.15) is 0 Å². The van der Waals surface area contributed by atoms with Crippen LogP contribution < -0.4 is 0 Å². The van der Waals surface area contributed by atoms with Crippen LogP contribution in [0.2, 0.25) is 0 Å². The van der Waals surface area contributed by atoms with Gasteiger partial charge in [-0.3, -0.25) is 0 Å². The van der Waals surface area contributed by atoms with Gasteiger partial charge in [0.25, 0.3) is 0 Å². The van der Waals surface area contributed by atoms with Gasteiger partial charge >= 0.3 is 0 Å². The van der Waals surface area contributed by atoms with Gasteiger partial charge in [-0.15, -0.1) is 0 Å². The quantitative estimate of drug-likeness (QED) is 0.288. The van der Waals surface area contributed by atoms with Crippen molar-refractivity contribution in [2.45, 2.75) is 26.2 Å². The molecule has 28 heavy (non-hydrogen) atoms.